The molecule has 1 aliphatic rings. The molecule has 0 aliphatic carbocycles. The quantitative estimate of drug-likeness (QED) is 0.532. The lowest BCUT2D eigenvalue weighted by atomic mass is 10.1. The summed E-state index contributed by atoms with van der Waals surface area (Å²) >= 11 is 0. The van der Waals surface area contributed by atoms with Crippen LogP contribution in [0.1, 0.15) is 13.8 Å². The van der Waals surface area contributed by atoms with Crippen LogP contribution in [0.4, 0.5) is 0 Å². The smallest absolute Gasteiger partial charge is 0.250 e. The molecule has 0 aromatic heterocycles. The van der Waals surface area contributed by atoms with Crippen molar-refractivity contribution in [3.05, 3.63) is 11.8 Å². The summed E-state index contributed by atoms with van der Waals surface area (Å²) < 4.78 is 5.13. The average Bonchev–Trinajstić information content (AvgIpc) is 2.19. The first kappa shape index (κ1) is 11.0. The maximum atomic E-state index is 11.5. The molecule has 1 heterocycles. The molecule has 0 saturated carbocycles. The van der Waals surface area contributed by atoms with Gasteiger partial charge in [-0.15, -0.1) is 0 Å². The Morgan fingerprint density at radius 1 is 1.43 bits per heavy atom. The van der Waals surface area contributed by atoms with E-state index >= 15 is 0 Å². The SMILES string of the molecule is CC(C)C(O)=CC(=O)N1CCOCC1. The van der Waals surface area contributed by atoms with Crippen LogP contribution in [0.5, 0.6) is 0 Å². The highest BCUT2D eigenvalue weighted by atomic mass is 16.5. The van der Waals surface area contributed by atoms with Gasteiger partial charge in [0.2, 0.25) is 5.91 Å². The van der Waals surface area contributed by atoms with Gasteiger partial charge in [-0.2, -0.15) is 0 Å². The van der Waals surface area contributed by atoms with E-state index in [0.717, 1.165) is 0 Å². The van der Waals surface area contributed by atoms with Crippen LogP contribution in [0.3, 0.4) is 0 Å². The molecule has 0 aromatic rings. The van der Waals surface area contributed by atoms with Crippen LogP contribution in [0.15, 0.2) is 11.8 Å². The van der Waals surface area contributed by atoms with E-state index in [4.69, 9.17) is 4.74 Å². The van der Waals surface area contributed by atoms with Crippen molar-refractivity contribution in [3.63, 3.8) is 0 Å². The van der Waals surface area contributed by atoms with E-state index in [1.54, 1.807) is 4.90 Å². The van der Waals surface area contributed by atoms with Crippen LogP contribution in [0.2, 0.25) is 0 Å². The Bertz CT molecular complexity index is 230. The molecule has 1 saturated heterocycles. The third-order valence-electron chi connectivity index (χ3n) is 2.19. The van der Waals surface area contributed by atoms with Crippen molar-refractivity contribution < 1.29 is 14.6 Å². The zero-order valence-electron chi connectivity index (χ0n) is 8.69. The molecule has 80 valence electrons. The van der Waals surface area contributed by atoms with Crippen molar-refractivity contribution in [2.24, 2.45) is 5.92 Å². The summed E-state index contributed by atoms with van der Waals surface area (Å²) in [4.78, 5) is 13.2. The minimum absolute atomic E-state index is 0.00000874. The van der Waals surface area contributed by atoms with E-state index in [1.807, 2.05) is 13.8 Å². The number of ether oxygens (including phenoxy) is 1. The summed E-state index contributed by atoms with van der Waals surface area (Å²) in [6.45, 7) is 6.09. The molecule has 1 amide bonds. The van der Waals surface area contributed by atoms with Gasteiger partial charge < -0.3 is 14.7 Å². The third-order valence-corrected chi connectivity index (χ3v) is 2.19. The highest BCUT2D eigenvalue weighted by Gasteiger charge is 2.15. The summed E-state index contributed by atoms with van der Waals surface area (Å²) in [6, 6.07) is 0. The second-order valence-corrected chi connectivity index (χ2v) is 3.66. The maximum absolute atomic E-state index is 11.5. The summed E-state index contributed by atoms with van der Waals surface area (Å²) in [5.41, 5.74) is 0. The minimum Gasteiger partial charge on any atom is -0.512 e. The minimum atomic E-state index is -0.125. The van der Waals surface area contributed by atoms with Crippen LogP contribution in [-0.4, -0.2) is 42.2 Å². The van der Waals surface area contributed by atoms with Crippen molar-refractivity contribution in [2.45, 2.75) is 13.8 Å². The predicted molar refractivity (Wildman–Crippen MR) is 52.9 cm³/mol. The van der Waals surface area contributed by atoms with Crippen molar-refractivity contribution in [1.82, 2.24) is 4.90 Å². The molecule has 1 aliphatic heterocycles. The molecule has 1 N–H and O–H groups in total. The average molecular weight is 199 g/mol. The van der Waals surface area contributed by atoms with E-state index in [0.29, 0.717) is 26.3 Å². The maximum Gasteiger partial charge on any atom is 0.250 e. The van der Waals surface area contributed by atoms with Gasteiger partial charge in [-0.25, -0.2) is 0 Å². The molecular weight excluding hydrogens is 182 g/mol. The number of carbonyl (C=O) groups excluding carboxylic acids is 1. The van der Waals surface area contributed by atoms with Gasteiger partial charge in [0, 0.05) is 25.1 Å². The van der Waals surface area contributed by atoms with Crippen LogP contribution in [0, 0.1) is 5.92 Å². The Hall–Kier alpha value is -1.03. The van der Waals surface area contributed by atoms with Crippen LogP contribution in [-0.2, 0) is 9.53 Å². The molecular formula is C10H17NO3. The van der Waals surface area contributed by atoms with E-state index < -0.39 is 0 Å². The zero-order valence-corrected chi connectivity index (χ0v) is 8.69. The highest BCUT2D eigenvalue weighted by molar-refractivity contribution is 5.88. The number of rotatable bonds is 2. The molecule has 4 heteroatoms. The van der Waals surface area contributed by atoms with Gasteiger partial charge >= 0.3 is 0 Å². The van der Waals surface area contributed by atoms with Gasteiger partial charge in [-0.3, -0.25) is 4.79 Å². The van der Waals surface area contributed by atoms with Gasteiger partial charge in [0.05, 0.1) is 13.2 Å². The van der Waals surface area contributed by atoms with Crippen molar-refractivity contribution in [3.8, 4) is 0 Å². The van der Waals surface area contributed by atoms with Gasteiger partial charge in [-0.05, 0) is 0 Å². The van der Waals surface area contributed by atoms with Crippen LogP contribution in [0.25, 0.3) is 0 Å². The Balaban J connectivity index is 2.51. The number of nitrogens with zero attached hydrogens (tertiary/aromatic N) is 1. The molecule has 0 radical (unpaired) electrons. The summed E-state index contributed by atoms with van der Waals surface area (Å²) in [5, 5.41) is 9.41. The standard InChI is InChI=1S/C10H17NO3/c1-8(2)9(12)7-10(13)11-3-5-14-6-4-11/h7-8,12H,3-6H2,1-2H3. The molecule has 0 atom stereocenters. The molecule has 0 bridgehead atoms. The van der Waals surface area contributed by atoms with Crippen molar-refractivity contribution in [1.29, 1.82) is 0 Å². The fraction of sp³-hybridized carbons (Fsp3) is 0.700. The molecule has 0 aromatic carbocycles. The fourth-order valence-corrected chi connectivity index (χ4v) is 1.17. The molecule has 0 spiro atoms. The van der Waals surface area contributed by atoms with Crippen molar-refractivity contribution in [2.75, 3.05) is 26.3 Å². The Kier molecular flexibility index (Phi) is 3.95. The number of morpholine rings is 1. The first-order valence-corrected chi connectivity index (χ1v) is 4.88. The zero-order chi connectivity index (χ0) is 10.6. The summed E-state index contributed by atoms with van der Waals surface area (Å²) in [5.74, 6) is 0.0148. The highest BCUT2D eigenvalue weighted by Crippen LogP contribution is 2.06. The van der Waals surface area contributed by atoms with E-state index in [-0.39, 0.29) is 17.6 Å². The van der Waals surface area contributed by atoms with Crippen LogP contribution >= 0.6 is 0 Å². The number of aliphatic hydroxyl groups excluding tert-OH is 1. The lowest BCUT2D eigenvalue weighted by molar-refractivity contribution is -0.130. The topological polar surface area (TPSA) is 49.8 Å². The number of allylic oxidation sites excluding steroid dienone is 1. The lowest BCUT2D eigenvalue weighted by Gasteiger charge is -2.25. The Labute approximate surface area is 84.2 Å². The van der Waals surface area contributed by atoms with E-state index in [1.165, 1.54) is 6.08 Å². The van der Waals surface area contributed by atoms with Crippen LogP contribution < -0.4 is 0 Å². The monoisotopic (exact) mass is 199 g/mol. The van der Waals surface area contributed by atoms with Gasteiger partial charge in [0.25, 0.3) is 0 Å². The molecule has 1 fully saturated rings. The number of hydrogen-bond donors (Lipinski definition) is 1. The van der Waals surface area contributed by atoms with E-state index in [2.05, 4.69) is 0 Å². The molecule has 0 unspecified atom stereocenters. The molecule has 4 nitrogen and oxygen atoms in total. The summed E-state index contributed by atoms with van der Waals surface area (Å²) in [7, 11) is 0. The normalized spacial score (nSPS) is 18.8. The number of aliphatic hydroxyl groups is 1. The number of carbonyl (C=O) groups is 1. The predicted octanol–water partition coefficient (Wildman–Crippen LogP) is 0.943. The number of hydrogen-bond acceptors (Lipinski definition) is 3. The fourth-order valence-electron chi connectivity index (χ4n) is 1.17. The second-order valence-electron chi connectivity index (χ2n) is 3.66. The molecule has 14 heavy (non-hydrogen) atoms. The Morgan fingerprint density at radius 3 is 2.50 bits per heavy atom. The summed E-state index contributed by atoms with van der Waals surface area (Å²) in [6.07, 6.45) is 1.30. The van der Waals surface area contributed by atoms with Crippen molar-refractivity contribution >= 4 is 5.91 Å². The number of amides is 1. The van der Waals surface area contributed by atoms with Gasteiger partial charge in [0.1, 0.15) is 5.76 Å². The van der Waals surface area contributed by atoms with E-state index in [9.17, 15) is 9.90 Å². The van der Waals surface area contributed by atoms with Gasteiger partial charge in [0.15, 0.2) is 0 Å². The lowest BCUT2D eigenvalue weighted by Crippen LogP contribution is -2.40. The first-order valence-electron chi connectivity index (χ1n) is 4.88. The largest absolute Gasteiger partial charge is 0.512 e. The Morgan fingerprint density at radius 2 is 2.00 bits per heavy atom. The third kappa shape index (κ3) is 3.03. The molecule has 1 rings (SSSR count). The first-order chi connectivity index (χ1) is 6.61. The van der Waals surface area contributed by atoms with Gasteiger partial charge in [-0.1, -0.05) is 13.8 Å². The second kappa shape index (κ2) is 5.00.